The third kappa shape index (κ3) is 3.59. The molecule has 1 aliphatic rings. The van der Waals surface area contributed by atoms with E-state index in [1.54, 1.807) is 18.5 Å². The molecule has 0 spiro atoms. The Hall–Kier alpha value is -0.920. The van der Waals surface area contributed by atoms with E-state index in [-0.39, 0.29) is 0 Å². The molecule has 114 valence electrons. The molecular weight excluding hydrogens is 276 g/mol. The van der Waals surface area contributed by atoms with E-state index >= 15 is 0 Å². The number of nitrogens with zero attached hydrogens (tertiary/aromatic N) is 2. The van der Waals surface area contributed by atoms with Crippen molar-refractivity contribution in [2.24, 2.45) is 11.7 Å². The van der Waals surface area contributed by atoms with E-state index in [1.807, 2.05) is 0 Å². The van der Waals surface area contributed by atoms with Crippen LogP contribution in [0.25, 0.3) is 0 Å². The lowest BCUT2D eigenvalue weighted by molar-refractivity contribution is 0.562. The van der Waals surface area contributed by atoms with Crippen LogP contribution in [0.3, 0.4) is 0 Å². The molecule has 6 nitrogen and oxygen atoms in total. The second-order valence-corrected chi connectivity index (χ2v) is 7.20. The Kier molecular flexibility index (Phi) is 4.82. The van der Waals surface area contributed by atoms with Gasteiger partial charge in [-0.3, -0.25) is 4.68 Å². The predicted octanol–water partition coefficient (Wildman–Crippen LogP) is 0.927. The number of nitrogens with one attached hydrogen (secondary N) is 1. The summed E-state index contributed by atoms with van der Waals surface area (Å²) in [6, 6.07) is 0. The SMILES string of the molecule is Cc1nn(CCCN)c(C)c1S(=O)(=O)NCCC1CC1. The van der Waals surface area contributed by atoms with Gasteiger partial charge in [0.15, 0.2) is 0 Å². The van der Waals surface area contributed by atoms with Gasteiger partial charge in [0.25, 0.3) is 0 Å². The van der Waals surface area contributed by atoms with E-state index in [1.165, 1.54) is 12.8 Å². The minimum absolute atomic E-state index is 0.324. The summed E-state index contributed by atoms with van der Waals surface area (Å²) in [5, 5.41) is 4.31. The van der Waals surface area contributed by atoms with Gasteiger partial charge in [-0.1, -0.05) is 12.8 Å². The molecule has 7 heteroatoms. The van der Waals surface area contributed by atoms with Crippen LogP contribution in [0.5, 0.6) is 0 Å². The van der Waals surface area contributed by atoms with Crippen LogP contribution in [-0.4, -0.2) is 31.3 Å². The van der Waals surface area contributed by atoms with Crippen molar-refractivity contribution < 1.29 is 8.42 Å². The van der Waals surface area contributed by atoms with Crippen molar-refractivity contribution in [1.29, 1.82) is 0 Å². The zero-order valence-electron chi connectivity index (χ0n) is 12.2. The summed E-state index contributed by atoms with van der Waals surface area (Å²) in [4.78, 5) is 0.324. The highest BCUT2D eigenvalue weighted by Gasteiger charge is 2.26. The topological polar surface area (TPSA) is 90.0 Å². The molecule has 3 N–H and O–H groups in total. The molecule has 0 unspecified atom stereocenters. The first kappa shape index (κ1) is 15.5. The van der Waals surface area contributed by atoms with Crippen LogP contribution in [0, 0.1) is 19.8 Å². The molecule has 1 fully saturated rings. The summed E-state index contributed by atoms with van der Waals surface area (Å²) in [5.74, 6) is 0.715. The maximum Gasteiger partial charge on any atom is 0.244 e. The molecule has 0 atom stereocenters. The summed E-state index contributed by atoms with van der Waals surface area (Å²) < 4.78 is 29.2. The summed E-state index contributed by atoms with van der Waals surface area (Å²) >= 11 is 0. The fraction of sp³-hybridized carbons (Fsp3) is 0.769. The quantitative estimate of drug-likeness (QED) is 0.747. The number of aryl methyl sites for hydroxylation is 2. The number of rotatable bonds is 8. The lowest BCUT2D eigenvalue weighted by Crippen LogP contribution is -2.26. The Labute approximate surface area is 120 Å². The Morgan fingerprint density at radius 3 is 2.70 bits per heavy atom. The Morgan fingerprint density at radius 1 is 1.40 bits per heavy atom. The fourth-order valence-electron chi connectivity index (χ4n) is 2.40. The van der Waals surface area contributed by atoms with Gasteiger partial charge in [0.05, 0.1) is 11.4 Å². The zero-order valence-corrected chi connectivity index (χ0v) is 13.0. The van der Waals surface area contributed by atoms with Crippen LogP contribution >= 0.6 is 0 Å². The molecule has 0 amide bonds. The van der Waals surface area contributed by atoms with Gasteiger partial charge < -0.3 is 5.73 Å². The Balaban J connectivity index is 2.10. The minimum Gasteiger partial charge on any atom is -0.330 e. The smallest absolute Gasteiger partial charge is 0.244 e. The summed E-state index contributed by atoms with van der Waals surface area (Å²) in [6.45, 7) is 5.27. The summed E-state index contributed by atoms with van der Waals surface area (Å²) in [6.07, 6.45) is 4.18. The van der Waals surface area contributed by atoms with E-state index in [4.69, 9.17) is 5.73 Å². The summed E-state index contributed by atoms with van der Waals surface area (Å²) in [5.41, 5.74) is 6.73. The average molecular weight is 300 g/mol. The van der Waals surface area contributed by atoms with Gasteiger partial charge in [-0.15, -0.1) is 0 Å². The number of aromatic nitrogens is 2. The van der Waals surface area contributed by atoms with E-state index in [9.17, 15) is 8.42 Å². The molecular formula is C13H24N4O2S. The maximum atomic E-state index is 12.4. The molecule has 0 radical (unpaired) electrons. The number of hydrogen-bond donors (Lipinski definition) is 2. The number of hydrogen-bond acceptors (Lipinski definition) is 4. The van der Waals surface area contributed by atoms with E-state index in [2.05, 4.69) is 9.82 Å². The van der Waals surface area contributed by atoms with Gasteiger partial charge in [-0.25, -0.2) is 13.1 Å². The Morgan fingerprint density at radius 2 is 2.10 bits per heavy atom. The first-order valence-corrected chi connectivity index (χ1v) is 8.67. The van der Waals surface area contributed by atoms with Crippen LogP contribution in [0.15, 0.2) is 4.90 Å². The molecule has 1 heterocycles. The zero-order chi connectivity index (χ0) is 14.8. The lowest BCUT2D eigenvalue weighted by Gasteiger charge is -2.07. The second-order valence-electron chi connectivity index (χ2n) is 5.50. The van der Waals surface area contributed by atoms with Gasteiger partial charge in [-0.05, 0) is 39.2 Å². The van der Waals surface area contributed by atoms with Crippen molar-refractivity contribution >= 4 is 10.0 Å². The van der Waals surface area contributed by atoms with Crippen molar-refractivity contribution in [3.8, 4) is 0 Å². The maximum absolute atomic E-state index is 12.4. The molecule has 1 saturated carbocycles. The first-order valence-electron chi connectivity index (χ1n) is 7.19. The van der Waals surface area contributed by atoms with E-state index in [0.717, 1.165) is 12.8 Å². The van der Waals surface area contributed by atoms with E-state index < -0.39 is 10.0 Å². The standard InChI is InChI=1S/C13H24N4O2S/c1-10-13(11(2)17(16-10)9-3-7-14)20(18,19)15-8-6-12-4-5-12/h12,15H,3-9,14H2,1-2H3. The molecule has 2 rings (SSSR count). The van der Waals surface area contributed by atoms with Crippen molar-refractivity contribution in [2.45, 2.75) is 51.0 Å². The highest BCUT2D eigenvalue weighted by Crippen LogP contribution is 2.32. The van der Waals surface area contributed by atoms with Crippen LogP contribution in [-0.2, 0) is 16.6 Å². The van der Waals surface area contributed by atoms with Gasteiger partial charge in [0.2, 0.25) is 10.0 Å². The normalized spacial score (nSPS) is 15.8. The predicted molar refractivity (Wildman–Crippen MR) is 77.9 cm³/mol. The molecule has 0 aromatic carbocycles. The third-order valence-electron chi connectivity index (χ3n) is 3.70. The van der Waals surface area contributed by atoms with Crippen LogP contribution in [0.2, 0.25) is 0 Å². The van der Waals surface area contributed by atoms with Crippen molar-refractivity contribution in [3.63, 3.8) is 0 Å². The number of nitrogens with two attached hydrogens (primary N) is 1. The van der Waals surface area contributed by atoms with Gasteiger partial charge in [-0.2, -0.15) is 5.10 Å². The molecule has 1 aromatic rings. The first-order chi connectivity index (χ1) is 9.45. The highest BCUT2D eigenvalue weighted by atomic mass is 32.2. The number of sulfonamides is 1. The molecule has 0 saturated heterocycles. The molecule has 0 aliphatic heterocycles. The van der Waals surface area contributed by atoms with Gasteiger partial charge >= 0.3 is 0 Å². The second kappa shape index (κ2) is 6.24. The largest absolute Gasteiger partial charge is 0.330 e. The van der Waals surface area contributed by atoms with Crippen molar-refractivity contribution in [2.75, 3.05) is 13.1 Å². The van der Waals surface area contributed by atoms with Crippen molar-refractivity contribution in [1.82, 2.24) is 14.5 Å². The molecule has 0 bridgehead atoms. The average Bonchev–Trinajstić information content (AvgIpc) is 3.13. The Bertz CT molecular complexity index is 561. The fourth-order valence-corrected chi connectivity index (χ4v) is 3.86. The van der Waals surface area contributed by atoms with Gasteiger partial charge in [0.1, 0.15) is 4.90 Å². The lowest BCUT2D eigenvalue weighted by atomic mass is 10.3. The third-order valence-corrected chi connectivity index (χ3v) is 5.41. The summed E-state index contributed by atoms with van der Waals surface area (Å²) in [7, 11) is -3.46. The van der Waals surface area contributed by atoms with E-state index in [0.29, 0.717) is 41.8 Å². The van der Waals surface area contributed by atoms with Crippen molar-refractivity contribution in [3.05, 3.63) is 11.4 Å². The molecule has 1 aromatic heterocycles. The van der Waals surface area contributed by atoms with Crippen LogP contribution in [0.4, 0.5) is 0 Å². The molecule has 20 heavy (non-hydrogen) atoms. The minimum atomic E-state index is -3.46. The molecule has 1 aliphatic carbocycles. The van der Waals surface area contributed by atoms with Crippen LogP contribution in [0.1, 0.15) is 37.1 Å². The monoisotopic (exact) mass is 300 g/mol. The van der Waals surface area contributed by atoms with Gasteiger partial charge in [0, 0.05) is 13.1 Å². The van der Waals surface area contributed by atoms with Crippen LogP contribution < -0.4 is 10.5 Å². The highest BCUT2D eigenvalue weighted by molar-refractivity contribution is 7.89.